The first-order chi connectivity index (χ1) is 5.92. The van der Waals surface area contributed by atoms with E-state index >= 15 is 0 Å². The van der Waals surface area contributed by atoms with Gasteiger partial charge in [-0.1, -0.05) is 6.92 Å². The van der Waals surface area contributed by atoms with Crippen molar-refractivity contribution in [3.8, 4) is 0 Å². The molecule has 2 aliphatic rings. The zero-order chi connectivity index (χ0) is 8.39. The lowest BCUT2D eigenvalue weighted by molar-refractivity contribution is 0.225. The SMILES string of the molecule is CCN1CCCC1C1CCCN1.Cl.Cl. The average Bonchev–Trinajstić information content (AvgIpc) is 2.74. The Morgan fingerprint density at radius 2 is 2.00 bits per heavy atom. The van der Waals surface area contributed by atoms with Crippen molar-refractivity contribution >= 4 is 24.8 Å². The van der Waals surface area contributed by atoms with Crippen molar-refractivity contribution in [2.24, 2.45) is 0 Å². The molecular weight excluding hydrogens is 219 g/mol. The maximum Gasteiger partial charge on any atom is 0.0249 e. The summed E-state index contributed by atoms with van der Waals surface area (Å²) in [6, 6.07) is 1.67. The van der Waals surface area contributed by atoms with E-state index in [1.807, 2.05) is 0 Å². The van der Waals surface area contributed by atoms with Gasteiger partial charge in [0, 0.05) is 12.1 Å². The van der Waals surface area contributed by atoms with Crippen molar-refractivity contribution in [2.45, 2.75) is 44.7 Å². The van der Waals surface area contributed by atoms with Crippen molar-refractivity contribution in [3.63, 3.8) is 0 Å². The van der Waals surface area contributed by atoms with Gasteiger partial charge in [0.05, 0.1) is 0 Å². The first-order valence-corrected chi connectivity index (χ1v) is 5.39. The number of hydrogen-bond donors (Lipinski definition) is 1. The molecule has 0 aromatic heterocycles. The van der Waals surface area contributed by atoms with E-state index in [0.29, 0.717) is 0 Å². The van der Waals surface area contributed by atoms with Crippen molar-refractivity contribution in [1.82, 2.24) is 10.2 Å². The number of halogens is 2. The third-order valence-electron chi connectivity index (χ3n) is 3.38. The van der Waals surface area contributed by atoms with Crippen LogP contribution in [0, 0.1) is 0 Å². The van der Waals surface area contributed by atoms with Gasteiger partial charge in [-0.25, -0.2) is 0 Å². The second-order valence-electron chi connectivity index (χ2n) is 4.04. The minimum Gasteiger partial charge on any atom is -0.312 e. The summed E-state index contributed by atoms with van der Waals surface area (Å²) in [5.41, 5.74) is 0. The molecule has 2 atom stereocenters. The van der Waals surface area contributed by atoms with Crippen molar-refractivity contribution in [3.05, 3.63) is 0 Å². The lowest BCUT2D eigenvalue weighted by Crippen LogP contribution is -2.43. The second kappa shape index (κ2) is 6.89. The summed E-state index contributed by atoms with van der Waals surface area (Å²) in [7, 11) is 0. The number of nitrogens with one attached hydrogen (secondary N) is 1. The van der Waals surface area contributed by atoms with Crippen LogP contribution in [0.25, 0.3) is 0 Å². The molecular formula is C10H22Cl2N2. The lowest BCUT2D eigenvalue weighted by atomic mass is 10.0. The third kappa shape index (κ3) is 2.99. The third-order valence-corrected chi connectivity index (χ3v) is 3.38. The van der Waals surface area contributed by atoms with E-state index in [1.165, 1.54) is 45.3 Å². The van der Waals surface area contributed by atoms with Crippen molar-refractivity contribution in [1.29, 1.82) is 0 Å². The largest absolute Gasteiger partial charge is 0.312 e. The summed E-state index contributed by atoms with van der Waals surface area (Å²) in [5.74, 6) is 0. The first-order valence-electron chi connectivity index (χ1n) is 5.39. The molecule has 2 rings (SSSR count). The Balaban J connectivity index is 0.000000845. The maximum atomic E-state index is 3.62. The van der Waals surface area contributed by atoms with Crippen LogP contribution in [0.4, 0.5) is 0 Å². The van der Waals surface area contributed by atoms with Crippen LogP contribution in [0.2, 0.25) is 0 Å². The standard InChI is InChI=1S/C10H20N2.2ClH/c1-2-12-8-4-6-10(12)9-5-3-7-11-9;;/h9-11H,2-8H2,1H3;2*1H. The summed E-state index contributed by atoms with van der Waals surface area (Å²) in [5, 5.41) is 3.62. The molecule has 0 aromatic rings. The maximum absolute atomic E-state index is 3.62. The van der Waals surface area contributed by atoms with Gasteiger partial charge in [-0.05, 0) is 45.3 Å². The predicted molar refractivity (Wildman–Crippen MR) is 65.8 cm³/mol. The predicted octanol–water partition coefficient (Wildman–Crippen LogP) is 2.07. The Morgan fingerprint density at radius 3 is 2.57 bits per heavy atom. The summed E-state index contributed by atoms with van der Waals surface area (Å²) >= 11 is 0. The van der Waals surface area contributed by atoms with Gasteiger partial charge in [0.15, 0.2) is 0 Å². The Morgan fingerprint density at radius 1 is 1.21 bits per heavy atom. The highest BCUT2D eigenvalue weighted by Crippen LogP contribution is 2.23. The molecule has 2 saturated heterocycles. The van der Waals surface area contributed by atoms with Gasteiger partial charge in [-0.3, -0.25) is 4.90 Å². The van der Waals surface area contributed by atoms with Gasteiger partial charge < -0.3 is 5.32 Å². The van der Waals surface area contributed by atoms with Crippen molar-refractivity contribution < 1.29 is 0 Å². The molecule has 0 saturated carbocycles. The highest BCUT2D eigenvalue weighted by Gasteiger charge is 2.31. The molecule has 0 radical (unpaired) electrons. The minimum absolute atomic E-state index is 0. The molecule has 2 fully saturated rings. The summed E-state index contributed by atoms with van der Waals surface area (Å²) in [6.07, 6.45) is 5.63. The lowest BCUT2D eigenvalue weighted by Gasteiger charge is -2.28. The van der Waals surface area contributed by atoms with Crippen LogP contribution in [0.5, 0.6) is 0 Å². The number of hydrogen-bond acceptors (Lipinski definition) is 2. The average molecular weight is 241 g/mol. The van der Waals surface area contributed by atoms with Gasteiger partial charge in [0.2, 0.25) is 0 Å². The van der Waals surface area contributed by atoms with Crippen LogP contribution in [-0.4, -0.2) is 36.6 Å². The topological polar surface area (TPSA) is 15.3 Å². The normalized spacial score (nSPS) is 32.4. The number of likely N-dealkylation sites (tertiary alicyclic amines) is 1. The van der Waals surface area contributed by atoms with Gasteiger partial charge in [0.1, 0.15) is 0 Å². The molecule has 86 valence electrons. The van der Waals surface area contributed by atoms with E-state index in [9.17, 15) is 0 Å². The van der Waals surface area contributed by atoms with E-state index in [2.05, 4.69) is 17.1 Å². The van der Waals surface area contributed by atoms with Crippen LogP contribution in [-0.2, 0) is 0 Å². The zero-order valence-corrected chi connectivity index (χ0v) is 10.5. The Labute approximate surface area is 99.6 Å². The van der Waals surface area contributed by atoms with Crippen LogP contribution in [0.15, 0.2) is 0 Å². The summed E-state index contributed by atoms with van der Waals surface area (Å²) in [4.78, 5) is 2.64. The molecule has 14 heavy (non-hydrogen) atoms. The Bertz CT molecular complexity index is 149. The summed E-state index contributed by atoms with van der Waals surface area (Å²) < 4.78 is 0. The Kier molecular flexibility index (Phi) is 7.13. The Hall–Kier alpha value is 0.500. The molecule has 0 aromatic carbocycles. The van der Waals surface area contributed by atoms with Crippen molar-refractivity contribution in [2.75, 3.05) is 19.6 Å². The van der Waals surface area contributed by atoms with E-state index in [4.69, 9.17) is 0 Å². The van der Waals surface area contributed by atoms with E-state index in [0.717, 1.165) is 12.1 Å². The van der Waals surface area contributed by atoms with Crippen LogP contribution >= 0.6 is 24.8 Å². The highest BCUT2D eigenvalue weighted by atomic mass is 35.5. The van der Waals surface area contributed by atoms with Gasteiger partial charge in [0.25, 0.3) is 0 Å². The number of likely N-dealkylation sites (N-methyl/N-ethyl adjacent to an activating group) is 1. The van der Waals surface area contributed by atoms with E-state index in [-0.39, 0.29) is 24.8 Å². The molecule has 2 heterocycles. The molecule has 0 bridgehead atoms. The fraction of sp³-hybridized carbons (Fsp3) is 1.00. The molecule has 4 heteroatoms. The fourth-order valence-electron chi connectivity index (χ4n) is 2.74. The van der Waals surface area contributed by atoms with E-state index in [1.54, 1.807) is 0 Å². The molecule has 0 spiro atoms. The first kappa shape index (κ1) is 14.5. The molecule has 2 aliphatic heterocycles. The second-order valence-corrected chi connectivity index (χ2v) is 4.04. The monoisotopic (exact) mass is 240 g/mol. The number of rotatable bonds is 2. The molecule has 2 unspecified atom stereocenters. The van der Waals surface area contributed by atoms with Crippen LogP contribution < -0.4 is 5.32 Å². The minimum atomic E-state index is 0. The van der Waals surface area contributed by atoms with Crippen LogP contribution in [0.1, 0.15) is 32.6 Å². The molecule has 0 amide bonds. The summed E-state index contributed by atoms with van der Waals surface area (Å²) in [6.45, 7) is 6.11. The quantitative estimate of drug-likeness (QED) is 0.796. The smallest absolute Gasteiger partial charge is 0.0249 e. The van der Waals surface area contributed by atoms with Gasteiger partial charge in [-0.15, -0.1) is 24.8 Å². The molecule has 1 N–H and O–H groups in total. The fourth-order valence-corrected chi connectivity index (χ4v) is 2.74. The van der Waals surface area contributed by atoms with E-state index < -0.39 is 0 Å². The molecule has 0 aliphatic carbocycles. The number of nitrogens with zero attached hydrogens (tertiary/aromatic N) is 1. The van der Waals surface area contributed by atoms with Gasteiger partial charge >= 0.3 is 0 Å². The van der Waals surface area contributed by atoms with Crippen LogP contribution in [0.3, 0.4) is 0 Å². The highest BCUT2D eigenvalue weighted by molar-refractivity contribution is 5.85. The molecule has 2 nitrogen and oxygen atoms in total. The van der Waals surface area contributed by atoms with Gasteiger partial charge in [-0.2, -0.15) is 0 Å². The zero-order valence-electron chi connectivity index (χ0n) is 8.87.